The van der Waals surface area contributed by atoms with E-state index in [-0.39, 0.29) is 30.3 Å². The number of carbonyl (C=O) groups is 2. The van der Waals surface area contributed by atoms with Crippen molar-refractivity contribution in [3.05, 3.63) is 35.9 Å². The fourth-order valence-corrected chi connectivity index (χ4v) is 1.44. The smallest absolute Gasteiger partial charge is 0.239 e. The number of rotatable bonds is 5. The fourth-order valence-electron chi connectivity index (χ4n) is 1.34. The van der Waals surface area contributed by atoms with E-state index in [1.807, 2.05) is 37.3 Å². The van der Waals surface area contributed by atoms with E-state index in [9.17, 15) is 9.59 Å². The summed E-state index contributed by atoms with van der Waals surface area (Å²) in [6.45, 7) is 1.83. The van der Waals surface area contributed by atoms with Gasteiger partial charge >= 0.3 is 0 Å². The molecule has 92 valence electrons. The quantitative estimate of drug-likeness (QED) is 0.777. The second-order valence-electron chi connectivity index (χ2n) is 3.61. The summed E-state index contributed by atoms with van der Waals surface area (Å²) in [6, 6.07) is 9.51. The Balaban J connectivity index is 2.39. The van der Waals surface area contributed by atoms with Gasteiger partial charge in [0.25, 0.3) is 0 Å². The molecule has 0 radical (unpaired) electrons. The average molecular weight is 255 g/mol. The lowest BCUT2D eigenvalue weighted by molar-refractivity contribution is -0.125. The van der Waals surface area contributed by atoms with Gasteiger partial charge in [0, 0.05) is 0 Å². The highest BCUT2D eigenvalue weighted by Gasteiger charge is 2.09. The van der Waals surface area contributed by atoms with Crippen LogP contribution in [0.3, 0.4) is 0 Å². The zero-order valence-electron chi connectivity index (χ0n) is 9.57. The standard InChI is InChI=1S/C12H15ClN2O2/c1-9(10-5-3-2-4-6-10)15-12(17)8-14-11(16)7-13/h2-6,9H,7-8H2,1H3,(H,14,16)(H,15,17). The Kier molecular flexibility index (Phi) is 5.49. The summed E-state index contributed by atoms with van der Waals surface area (Å²) in [5.74, 6) is -0.726. The number of hydrogen-bond acceptors (Lipinski definition) is 2. The summed E-state index contributed by atoms with van der Waals surface area (Å²) in [4.78, 5) is 22.3. The maximum absolute atomic E-state index is 11.5. The number of hydrogen-bond donors (Lipinski definition) is 2. The molecule has 0 bridgehead atoms. The summed E-state index contributed by atoms with van der Waals surface area (Å²) in [5, 5.41) is 5.18. The Labute approximate surface area is 105 Å². The molecule has 1 aromatic rings. The second kappa shape index (κ2) is 6.91. The lowest BCUT2D eigenvalue weighted by Gasteiger charge is -2.14. The van der Waals surface area contributed by atoms with E-state index in [1.165, 1.54) is 0 Å². The molecule has 17 heavy (non-hydrogen) atoms. The van der Waals surface area contributed by atoms with Gasteiger partial charge in [-0.1, -0.05) is 30.3 Å². The molecule has 0 saturated heterocycles. The summed E-state index contributed by atoms with van der Waals surface area (Å²) in [7, 11) is 0. The first-order valence-electron chi connectivity index (χ1n) is 5.30. The van der Waals surface area contributed by atoms with Crippen LogP contribution in [-0.2, 0) is 9.59 Å². The maximum Gasteiger partial charge on any atom is 0.239 e. The van der Waals surface area contributed by atoms with Crippen LogP contribution in [0, 0.1) is 0 Å². The predicted octanol–water partition coefficient (Wildman–Crippen LogP) is 1.22. The molecule has 0 aliphatic carbocycles. The summed E-state index contributed by atoms with van der Waals surface area (Å²) in [5.41, 5.74) is 1.02. The molecule has 4 nitrogen and oxygen atoms in total. The van der Waals surface area contributed by atoms with Crippen LogP contribution in [0.4, 0.5) is 0 Å². The van der Waals surface area contributed by atoms with E-state index in [0.717, 1.165) is 5.56 Å². The number of benzene rings is 1. The van der Waals surface area contributed by atoms with Gasteiger partial charge in [-0.25, -0.2) is 0 Å². The first-order valence-corrected chi connectivity index (χ1v) is 5.84. The predicted molar refractivity (Wildman–Crippen MR) is 66.7 cm³/mol. The summed E-state index contributed by atoms with van der Waals surface area (Å²) < 4.78 is 0. The fraction of sp³-hybridized carbons (Fsp3) is 0.333. The van der Waals surface area contributed by atoms with Crippen LogP contribution in [0.5, 0.6) is 0 Å². The van der Waals surface area contributed by atoms with Crippen molar-refractivity contribution in [3.63, 3.8) is 0 Å². The largest absolute Gasteiger partial charge is 0.348 e. The third-order valence-electron chi connectivity index (χ3n) is 2.24. The Morgan fingerprint density at radius 1 is 1.24 bits per heavy atom. The molecular weight excluding hydrogens is 240 g/mol. The number of carbonyl (C=O) groups excluding carboxylic acids is 2. The van der Waals surface area contributed by atoms with Crippen molar-refractivity contribution in [1.82, 2.24) is 10.6 Å². The average Bonchev–Trinajstić information content (AvgIpc) is 2.36. The summed E-state index contributed by atoms with van der Waals surface area (Å²) >= 11 is 5.29. The zero-order valence-corrected chi connectivity index (χ0v) is 10.3. The van der Waals surface area contributed by atoms with Crippen molar-refractivity contribution in [3.8, 4) is 0 Å². The molecule has 0 fully saturated rings. The van der Waals surface area contributed by atoms with Gasteiger partial charge in [-0.15, -0.1) is 11.6 Å². The van der Waals surface area contributed by atoms with Crippen LogP contribution in [0.15, 0.2) is 30.3 Å². The van der Waals surface area contributed by atoms with Crippen molar-refractivity contribution in [2.75, 3.05) is 12.4 Å². The highest BCUT2D eigenvalue weighted by atomic mass is 35.5. The summed E-state index contributed by atoms with van der Waals surface area (Å²) in [6.07, 6.45) is 0. The molecule has 5 heteroatoms. The Morgan fingerprint density at radius 2 is 1.88 bits per heavy atom. The molecule has 2 N–H and O–H groups in total. The minimum atomic E-state index is -0.353. The van der Waals surface area contributed by atoms with Crippen LogP contribution < -0.4 is 10.6 Å². The van der Waals surface area contributed by atoms with Gasteiger partial charge in [0.05, 0.1) is 12.6 Å². The first kappa shape index (κ1) is 13.5. The van der Waals surface area contributed by atoms with Gasteiger partial charge in [0.1, 0.15) is 5.88 Å². The number of amides is 2. The van der Waals surface area contributed by atoms with E-state index in [2.05, 4.69) is 10.6 Å². The minimum absolute atomic E-state index is 0.0529. The Hall–Kier alpha value is -1.55. The molecular formula is C12H15ClN2O2. The SMILES string of the molecule is CC(NC(=O)CNC(=O)CCl)c1ccccc1. The molecule has 0 saturated carbocycles. The molecule has 0 heterocycles. The van der Waals surface area contributed by atoms with E-state index >= 15 is 0 Å². The van der Waals surface area contributed by atoms with Crippen molar-refractivity contribution < 1.29 is 9.59 Å². The first-order chi connectivity index (χ1) is 8.13. The molecule has 2 amide bonds. The molecule has 1 unspecified atom stereocenters. The van der Waals surface area contributed by atoms with Gasteiger partial charge in [0.15, 0.2) is 0 Å². The van der Waals surface area contributed by atoms with Crippen LogP contribution in [0.1, 0.15) is 18.5 Å². The maximum atomic E-state index is 11.5. The second-order valence-corrected chi connectivity index (χ2v) is 3.88. The molecule has 1 rings (SSSR count). The van der Waals surface area contributed by atoms with E-state index in [4.69, 9.17) is 11.6 Å². The van der Waals surface area contributed by atoms with Crippen LogP contribution in [0.2, 0.25) is 0 Å². The van der Waals surface area contributed by atoms with E-state index < -0.39 is 0 Å². The number of halogens is 1. The van der Waals surface area contributed by atoms with Crippen molar-refractivity contribution in [2.45, 2.75) is 13.0 Å². The molecule has 1 aromatic carbocycles. The molecule has 0 spiro atoms. The van der Waals surface area contributed by atoms with Gasteiger partial charge in [0.2, 0.25) is 11.8 Å². The van der Waals surface area contributed by atoms with Crippen LogP contribution in [-0.4, -0.2) is 24.2 Å². The molecule has 0 aliphatic rings. The van der Waals surface area contributed by atoms with E-state index in [1.54, 1.807) is 0 Å². The van der Waals surface area contributed by atoms with Gasteiger partial charge in [-0.2, -0.15) is 0 Å². The van der Waals surface area contributed by atoms with Crippen molar-refractivity contribution >= 4 is 23.4 Å². The topological polar surface area (TPSA) is 58.2 Å². The highest BCUT2D eigenvalue weighted by molar-refractivity contribution is 6.27. The molecule has 0 aromatic heterocycles. The highest BCUT2D eigenvalue weighted by Crippen LogP contribution is 2.10. The lowest BCUT2D eigenvalue weighted by Crippen LogP contribution is -2.38. The number of alkyl halides is 1. The third kappa shape index (κ3) is 4.87. The monoisotopic (exact) mass is 254 g/mol. The van der Waals surface area contributed by atoms with Crippen molar-refractivity contribution in [2.24, 2.45) is 0 Å². The lowest BCUT2D eigenvalue weighted by atomic mass is 10.1. The minimum Gasteiger partial charge on any atom is -0.348 e. The normalized spacial score (nSPS) is 11.6. The molecule has 0 aliphatic heterocycles. The molecule has 1 atom stereocenters. The zero-order chi connectivity index (χ0) is 12.7. The van der Waals surface area contributed by atoms with Crippen LogP contribution in [0.25, 0.3) is 0 Å². The third-order valence-corrected chi connectivity index (χ3v) is 2.49. The Morgan fingerprint density at radius 3 is 2.47 bits per heavy atom. The van der Waals surface area contributed by atoms with Gasteiger partial charge < -0.3 is 10.6 Å². The van der Waals surface area contributed by atoms with Crippen molar-refractivity contribution in [1.29, 1.82) is 0 Å². The van der Waals surface area contributed by atoms with Gasteiger partial charge in [-0.05, 0) is 12.5 Å². The Bertz CT molecular complexity index is 381. The van der Waals surface area contributed by atoms with Crippen LogP contribution >= 0.6 is 11.6 Å². The van der Waals surface area contributed by atoms with E-state index in [0.29, 0.717) is 0 Å². The van der Waals surface area contributed by atoms with Gasteiger partial charge in [-0.3, -0.25) is 9.59 Å². The number of nitrogens with one attached hydrogen (secondary N) is 2.